The first-order valence-electron chi connectivity index (χ1n) is 3.36. The average Bonchev–Trinajstić information content (AvgIpc) is 2.50. The van der Waals surface area contributed by atoms with Crippen molar-refractivity contribution in [3.05, 3.63) is 12.0 Å². The Hall–Kier alpha value is -1.19. The van der Waals surface area contributed by atoms with Crippen molar-refractivity contribution in [3.63, 3.8) is 0 Å². The van der Waals surface area contributed by atoms with E-state index in [9.17, 15) is 4.79 Å². The molecular weight excluding hydrogens is 146 g/mol. The van der Waals surface area contributed by atoms with Gasteiger partial charge in [-0.15, -0.1) is 0 Å². The van der Waals surface area contributed by atoms with Gasteiger partial charge in [-0.3, -0.25) is 0 Å². The Morgan fingerprint density at radius 2 is 2.45 bits per heavy atom. The minimum atomic E-state index is -0.269. The molecule has 1 heterocycles. The van der Waals surface area contributed by atoms with Gasteiger partial charge in [-0.05, 0) is 6.08 Å². The van der Waals surface area contributed by atoms with E-state index in [0.717, 1.165) is 0 Å². The van der Waals surface area contributed by atoms with E-state index in [1.807, 2.05) is 6.08 Å². The first-order valence-corrected chi connectivity index (χ1v) is 3.36. The molecule has 0 aromatic carbocycles. The normalized spacial score (nSPS) is 22.0. The van der Waals surface area contributed by atoms with Gasteiger partial charge in [0.2, 0.25) is 0 Å². The van der Waals surface area contributed by atoms with Crippen LogP contribution in [0.5, 0.6) is 0 Å². The Morgan fingerprint density at radius 1 is 1.73 bits per heavy atom. The highest BCUT2D eigenvalue weighted by atomic mass is 16.5. The van der Waals surface area contributed by atoms with Gasteiger partial charge in [-0.1, -0.05) is 0 Å². The van der Waals surface area contributed by atoms with Crippen LogP contribution in [0, 0.1) is 0 Å². The largest absolute Gasteiger partial charge is 0.483 e. The molecule has 0 saturated carbocycles. The number of ether oxygens (including phenoxy) is 2. The second-order valence-corrected chi connectivity index (χ2v) is 2.23. The summed E-state index contributed by atoms with van der Waals surface area (Å²) in [5.41, 5.74) is 0. The number of rotatable bonds is 2. The van der Waals surface area contributed by atoms with Crippen LogP contribution in [-0.2, 0) is 14.3 Å². The third-order valence-corrected chi connectivity index (χ3v) is 1.56. The summed E-state index contributed by atoms with van der Waals surface area (Å²) in [5, 5.41) is 2.86. The van der Waals surface area contributed by atoms with Crippen LogP contribution < -0.4 is 5.32 Å². The topological polar surface area (TPSA) is 47.6 Å². The molecule has 0 unspecified atom stereocenters. The molecule has 1 atom stereocenters. The van der Waals surface area contributed by atoms with Gasteiger partial charge in [0.25, 0.3) is 0 Å². The summed E-state index contributed by atoms with van der Waals surface area (Å²) in [6.07, 6.45) is 2.46. The van der Waals surface area contributed by atoms with Crippen LogP contribution in [0.1, 0.15) is 6.42 Å². The summed E-state index contributed by atoms with van der Waals surface area (Å²) in [5.74, 6) is 0.383. The Balaban J connectivity index is 2.41. The van der Waals surface area contributed by atoms with Gasteiger partial charge >= 0.3 is 5.97 Å². The quantitative estimate of drug-likeness (QED) is 0.573. The number of methoxy groups -OCH3 is 2. The van der Waals surface area contributed by atoms with Crippen molar-refractivity contribution in [1.29, 1.82) is 0 Å². The van der Waals surface area contributed by atoms with Gasteiger partial charge in [0.15, 0.2) is 5.88 Å². The van der Waals surface area contributed by atoms with E-state index in [1.54, 1.807) is 7.11 Å². The van der Waals surface area contributed by atoms with Crippen molar-refractivity contribution in [2.75, 3.05) is 14.2 Å². The Labute approximate surface area is 65.2 Å². The lowest BCUT2D eigenvalue weighted by Crippen LogP contribution is -2.32. The van der Waals surface area contributed by atoms with Crippen molar-refractivity contribution < 1.29 is 14.3 Å². The van der Waals surface area contributed by atoms with E-state index < -0.39 is 0 Å². The predicted octanol–water partition coefficient (Wildman–Crippen LogP) is 0.00910. The van der Waals surface area contributed by atoms with Gasteiger partial charge < -0.3 is 14.8 Å². The third kappa shape index (κ3) is 1.63. The van der Waals surface area contributed by atoms with Gasteiger partial charge in [-0.25, -0.2) is 4.79 Å². The molecule has 1 N–H and O–H groups in total. The molecule has 62 valence electrons. The summed E-state index contributed by atoms with van der Waals surface area (Å²) in [6, 6.07) is -0.269. The minimum Gasteiger partial charge on any atom is -0.483 e. The van der Waals surface area contributed by atoms with Crippen LogP contribution in [-0.4, -0.2) is 26.2 Å². The van der Waals surface area contributed by atoms with Crippen LogP contribution in [0.4, 0.5) is 0 Å². The predicted molar refractivity (Wildman–Crippen MR) is 38.6 cm³/mol. The first-order chi connectivity index (χ1) is 5.27. The number of carbonyl (C=O) groups is 1. The molecule has 0 spiro atoms. The van der Waals surface area contributed by atoms with Gasteiger partial charge in [0.05, 0.1) is 14.2 Å². The van der Waals surface area contributed by atoms with E-state index in [4.69, 9.17) is 4.74 Å². The number of nitrogens with one attached hydrogen (secondary N) is 1. The van der Waals surface area contributed by atoms with Crippen LogP contribution in [0.2, 0.25) is 0 Å². The van der Waals surface area contributed by atoms with Crippen LogP contribution in [0.3, 0.4) is 0 Å². The highest BCUT2D eigenvalue weighted by Gasteiger charge is 2.23. The molecule has 0 aromatic rings. The summed E-state index contributed by atoms with van der Waals surface area (Å²) in [4.78, 5) is 10.9. The maximum absolute atomic E-state index is 10.9. The van der Waals surface area contributed by atoms with E-state index in [-0.39, 0.29) is 12.0 Å². The van der Waals surface area contributed by atoms with Crippen molar-refractivity contribution in [1.82, 2.24) is 5.32 Å². The van der Waals surface area contributed by atoms with Crippen molar-refractivity contribution in [2.24, 2.45) is 0 Å². The second-order valence-electron chi connectivity index (χ2n) is 2.23. The monoisotopic (exact) mass is 157 g/mol. The van der Waals surface area contributed by atoms with E-state index in [0.29, 0.717) is 12.3 Å². The lowest BCUT2D eigenvalue weighted by atomic mass is 10.2. The Bertz CT molecular complexity index is 188. The van der Waals surface area contributed by atoms with Crippen molar-refractivity contribution >= 4 is 5.97 Å². The summed E-state index contributed by atoms with van der Waals surface area (Å²) in [7, 11) is 2.92. The van der Waals surface area contributed by atoms with Gasteiger partial charge in [0, 0.05) is 6.42 Å². The summed E-state index contributed by atoms with van der Waals surface area (Å²) < 4.78 is 9.41. The molecule has 4 heteroatoms. The smallest absolute Gasteiger partial charge is 0.328 e. The van der Waals surface area contributed by atoms with Crippen molar-refractivity contribution in [3.8, 4) is 0 Å². The zero-order chi connectivity index (χ0) is 8.27. The van der Waals surface area contributed by atoms with Crippen LogP contribution in [0.15, 0.2) is 12.0 Å². The van der Waals surface area contributed by atoms with E-state index in [1.165, 1.54) is 7.11 Å². The molecule has 0 bridgehead atoms. The fourth-order valence-electron chi connectivity index (χ4n) is 0.954. The molecule has 1 aliphatic rings. The van der Waals surface area contributed by atoms with Gasteiger partial charge in [0.1, 0.15) is 6.04 Å². The highest BCUT2D eigenvalue weighted by molar-refractivity contribution is 5.76. The molecule has 1 rings (SSSR count). The fourth-order valence-corrected chi connectivity index (χ4v) is 0.954. The van der Waals surface area contributed by atoms with Gasteiger partial charge in [-0.2, -0.15) is 0 Å². The standard InChI is InChI=1S/C7H11NO3/c1-10-6-4-3-5(8-6)7(9)11-2/h4-5,8H,3H2,1-2H3/t5-/m0/s1. The van der Waals surface area contributed by atoms with Crippen LogP contribution in [0.25, 0.3) is 0 Å². The maximum Gasteiger partial charge on any atom is 0.328 e. The Morgan fingerprint density at radius 3 is 2.91 bits per heavy atom. The molecule has 0 saturated heterocycles. The number of hydrogen-bond donors (Lipinski definition) is 1. The Kier molecular flexibility index (Phi) is 2.36. The molecule has 1 aliphatic heterocycles. The number of carbonyl (C=O) groups excluding carboxylic acids is 1. The fraction of sp³-hybridized carbons (Fsp3) is 0.571. The molecule has 0 radical (unpaired) electrons. The SMILES string of the molecule is COC(=O)[C@@H]1CC=C(OC)N1. The number of hydrogen-bond acceptors (Lipinski definition) is 4. The lowest BCUT2D eigenvalue weighted by molar-refractivity contribution is -0.142. The third-order valence-electron chi connectivity index (χ3n) is 1.56. The molecule has 11 heavy (non-hydrogen) atoms. The molecule has 0 amide bonds. The van der Waals surface area contributed by atoms with Crippen LogP contribution >= 0.6 is 0 Å². The van der Waals surface area contributed by atoms with E-state index >= 15 is 0 Å². The maximum atomic E-state index is 10.9. The first kappa shape index (κ1) is 7.91. The highest BCUT2D eigenvalue weighted by Crippen LogP contribution is 2.09. The zero-order valence-electron chi connectivity index (χ0n) is 6.59. The molecular formula is C7H11NO3. The molecule has 0 aliphatic carbocycles. The minimum absolute atomic E-state index is 0.256. The number of esters is 1. The lowest BCUT2D eigenvalue weighted by Gasteiger charge is -2.09. The second kappa shape index (κ2) is 3.27. The molecule has 0 fully saturated rings. The summed E-state index contributed by atoms with van der Waals surface area (Å²) >= 11 is 0. The van der Waals surface area contributed by atoms with E-state index in [2.05, 4.69) is 10.1 Å². The molecule has 0 aromatic heterocycles. The zero-order valence-corrected chi connectivity index (χ0v) is 6.59. The molecule has 4 nitrogen and oxygen atoms in total. The average molecular weight is 157 g/mol. The van der Waals surface area contributed by atoms with Crippen molar-refractivity contribution in [2.45, 2.75) is 12.5 Å². The summed E-state index contributed by atoms with van der Waals surface area (Å²) in [6.45, 7) is 0.